The molecule has 0 aliphatic heterocycles. The van der Waals surface area contributed by atoms with E-state index in [2.05, 4.69) is 48.5 Å². The molecule has 0 saturated heterocycles. The molecule has 0 bridgehead atoms. The quantitative estimate of drug-likeness (QED) is 0.102. The molecule has 0 aromatic rings. The molecule has 16 heteroatoms. The molecule has 9 aliphatic carbocycles. The van der Waals surface area contributed by atoms with E-state index in [-0.39, 0.29) is 82.1 Å². The number of rotatable bonds is 8. The van der Waals surface area contributed by atoms with Gasteiger partial charge in [-0.1, -0.05) is 74.7 Å². The van der Waals surface area contributed by atoms with Gasteiger partial charge in [0.2, 0.25) is 0 Å². The summed E-state index contributed by atoms with van der Waals surface area (Å²) < 4.78 is 34.9. The van der Waals surface area contributed by atoms with Gasteiger partial charge in [-0.2, -0.15) is 8.42 Å². The van der Waals surface area contributed by atoms with Crippen molar-refractivity contribution in [3.63, 3.8) is 0 Å². The van der Waals surface area contributed by atoms with Crippen molar-refractivity contribution in [1.82, 2.24) is 0 Å². The van der Waals surface area contributed by atoms with E-state index in [0.29, 0.717) is 74.5 Å². The van der Waals surface area contributed by atoms with Crippen LogP contribution in [0.15, 0.2) is 0 Å². The van der Waals surface area contributed by atoms with Gasteiger partial charge in [-0.05, 0) is 216 Å². The van der Waals surface area contributed by atoms with Gasteiger partial charge in [-0.25, -0.2) is 0 Å². The van der Waals surface area contributed by atoms with Crippen LogP contribution < -0.4 is 11.5 Å². The molecule has 0 amide bonds. The summed E-state index contributed by atoms with van der Waals surface area (Å²) in [5.41, 5.74) is 9.84. The molecule has 11 N–H and O–H groups in total. The second-order valence-electron chi connectivity index (χ2n) is 29.6. The summed E-state index contributed by atoms with van der Waals surface area (Å²) in [7, 11) is -4.44. The first-order valence-electron chi connectivity index (χ1n) is 29.8. The van der Waals surface area contributed by atoms with Crippen LogP contribution in [0, 0.1) is 115 Å². The number of carboxylic acids is 4. The molecule has 23 atom stereocenters. The number of hydrogen-bond acceptors (Lipinski definition) is 10. The van der Waals surface area contributed by atoms with Crippen LogP contribution in [0.1, 0.15) is 205 Å². The zero-order valence-corrected chi connectivity index (χ0v) is 49.0. The van der Waals surface area contributed by atoms with Crippen molar-refractivity contribution in [2.75, 3.05) is 0 Å². The summed E-state index contributed by atoms with van der Waals surface area (Å²) in [5.74, 6) is -0.688. The van der Waals surface area contributed by atoms with E-state index < -0.39 is 73.1 Å². The third-order valence-corrected chi connectivity index (χ3v) is 26.7. The number of aliphatic hydroxyl groups is 2. The average Bonchev–Trinajstić information content (AvgIpc) is 3.29. The lowest BCUT2D eigenvalue weighted by Gasteiger charge is -2.63. The molecular weight excluding hydrogens is 989 g/mol. The van der Waals surface area contributed by atoms with Gasteiger partial charge in [-0.3, -0.25) is 23.7 Å². The molecule has 0 aromatic carbocycles. The van der Waals surface area contributed by atoms with Crippen molar-refractivity contribution in [3.05, 3.63) is 0 Å². The zero-order chi connectivity index (χ0) is 56.8. The van der Waals surface area contributed by atoms with E-state index >= 15 is 0 Å². The first kappa shape index (κ1) is 61.3. The van der Waals surface area contributed by atoms with Crippen molar-refractivity contribution in [2.24, 2.45) is 126 Å². The van der Waals surface area contributed by atoms with Gasteiger partial charge in [0.25, 0.3) is 10.1 Å². The molecule has 23 unspecified atom stereocenters. The summed E-state index contributed by atoms with van der Waals surface area (Å²) >= 11 is 0. The number of aliphatic carboxylic acids is 4. The molecule has 0 aromatic heterocycles. The smallest absolute Gasteiger partial charge is 0.309 e. The lowest BCUT2D eigenvalue weighted by Crippen LogP contribution is -2.65. The van der Waals surface area contributed by atoms with Crippen molar-refractivity contribution in [1.29, 1.82) is 0 Å². The molecule has 9 saturated carbocycles. The van der Waals surface area contributed by atoms with Gasteiger partial charge in [0, 0.05) is 18.0 Å². The Labute approximate surface area is 455 Å². The highest BCUT2D eigenvalue weighted by atomic mass is 32.2. The van der Waals surface area contributed by atoms with E-state index in [4.69, 9.17) is 11.5 Å². The lowest BCUT2D eigenvalue weighted by molar-refractivity contribution is -0.207. The van der Waals surface area contributed by atoms with Crippen molar-refractivity contribution < 1.29 is 62.8 Å². The molecule has 0 radical (unpaired) electrons. The summed E-state index contributed by atoms with van der Waals surface area (Å²) in [6, 6.07) is 0.205. The standard InChI is InChI=1S/C20H36N2O2.C20H32O7S.C20H34O4/c1-11(2)12-6-7-13-16(17(12)22)14(21)10-15-19(13,3)8-5-9-20(15,4)18(23)24;1-18(11-15(21)22)10-7-13-12(16(18)28(25,26)27)5-6-14-19(13,2)8-4-9-20(14,3)17(23)24;1-11(2)12-6-7-13-16(17(12)22)14(21)10-15-19(13,3)8-5-9-20(15,4)18(23)24/h11-17H,5-10,21-22H2,1-4H3,(H,23,24);12-14,16H,4-11H2,1-3H3,(H,21,22)(H,23,24)(H,25,26,27);11-17,21-22H,5-10H2,1-4H3,(H,23,24). The predicted octanol–water partition coefficient (Wildman–Crippen LogP) is 9.99. The minimum atomic E-state index is -4.44. The first-order chi connectivity index (χ1) is 35.0. The highest BCUT2D eigenvalue weighted by Crippen LogP contribution is 2.68. The van der Waals surface area contributed by atoms with E-state index in [9.17, 15) is 62.8 Å². The maximum absolute atomic E-state index is 12.4. The van der Waals surface area contributed by atoms with Gasteiger partial charge in [0.05, 0.1) is 40.1 Å². The maximum Gasteiger partial charge on any atom is 0.309 e. The second-order valence-corrected chi connectivity index (χ2v) is 31.1. The molecule has 9 rings (SSSR count). The minimum Gasteiger partial charge on any atom is -0.481 e. The average molecular weight is 1090 g/mol. The van der Waals surface area contributed by atoms with Gasteiger partial charge in [0.15, 0.2) is 0 Å². The van der Waals surface area contributed by atoms with Crippen molar-refractivity contribution in [3.8, 4) is 0 Å². The zero-order valence-electron chi connectivity index (χ0n) is 48.2. The Hall–Kier alpha value is -2.37. The molecule has 0 heterocycles. The number of nitrogens with two attached hydrogens (primary N) is 2. The normalized spacial score (nSPS) is 49.8. The Bertz CT molecular complexity index is 2190. The Morgan fingerprint density at radius 2 is 0.974 bits per heavy atom. The fraction of sp³-hybridized carbons (Fsp3) is 0.933. The van der Waals surface area contributed by atoms with Crippen LogP contribution >= 0.6 is 0 Å². The summed E-state index contributed by atoms with van der Waals surface area (Å²) in [6.45, 7) is 22.8. The van der Waals surface area contributed by atoms with Gasteiger partial charge in [-0.15, -0.1) is 0 Å². The highest BCUT2D eigenvalue weighted by molar-refractivity contribution is 7.86. The Morgan fingerprint density at radius 1 is 0.539 bits per heavy atom. The fourth-order valence-corrected chi connectivity index (χ4v) is 23.0. The molecular formula is C60H102N2O13S. The van der Waals surface area contributed by atoms with Crippen molar-refractivity contribution >= 4 is 34.0 Å². The van der Waals surface area contributed by atoms with Gasteiger partial charge in [0.1, 0.15) is 0 Å². The largest absolute Gasteiger partial charge is 0.481 e. The number of hydrogen-bond donors (Lipinski definition) is 9. The maximum atomic E-state index is 12.4. The SMILES string of the molecule is CC(C)C1CCC2C(C(N)CC3C(C)(C(=O)O)CCCC23C)C1N.CC(C)C1CCC2C(C(O)CC3C(C)(C(=O)O)CCCC23C)C1O.CC1(CC(=O)O)CCC2C(CCC3C(C)(C(=O)O)CCCC23C)C1S(=O)(=O)O. The van der Waals surface area contributed by atoms with E-state index in [1.165, 1.54) is 6.42 Å². The van der Waals surface area contributed by atoms with Crippen LogP contribution in [0.4, 0.5) is 0 Å². The molecule has 76 heavy (non-hydrogen) atoms. The lowest BCUT2D eigenvalue weighted by atomic mass is 9.42. The Balaban J connectivity index is 0.000000167. The van der Waals surface area contributed by atoms with Gasteiger partial charge < -0.3 is 42.1 Å². The molecule has 0 spiro atoms. The van der Waals surface area contributed by atoms with Crippen LogP contribution in [0.3, 0.4) is 0 Å². The monoisotopic (exact) mass is 1090 g/mol. The second kappa shape index (κ2) is 21.5. The van der Waals surface area contributed by atoms with Crippen molar-refractivity contribution in [2.45, 2.75) is 234 Å². The molecule has 9 aliphatic rings. The summed E-state index contributed by atoms with van der Waals surface area (Å²) in [4.78, 5) is 47.6. The van der Waals surface area contributed by atoms with Crippen LogP contribution in [-0.4, -0.2) is 97.0 Å². The van der Waals surface area contributed by atoms with Crippen LogP contribution in [0.25, 0.3) is 0 Å². The number of carbonyl (C=O) groups is 4. The molecule has 436 valence electrons. The van der Waals surface area contributed by atoms with Crippen LogP contribution in [-0.2, 0) is 29.3 Å². The van der Waals surface area contributed by atoms with E-state index in [1.54, 1.807) is 6.92 Å². The first-order valence-corrected chi connectivity index (χ1v) is 31.3. The topological polar surface area (TPSA) is 296 Å². The fourth-order valence-electron chi connectivity index (χ4n) is 21.3. The van der Waals surface area contributed by atoms with Crippen LogP contribution in [0.5, 0.6) is 0 Å². The number of fused-ring (bicyclic) bond motifs is 9. The molecule has 9 fully saturated rings. The highest BCUT2D eigenvalue weighted by Gasteiger charge is 2.67. The molecule has 15 nitrogen and oxygen atoms in total. The Morgan fingerprint density at radius 3 is 1.42 bits per heavy atom. The number of carboxylic acid groups (broad SMARTS) is 4. The van der Waals surface area contributed by atoms with E-state index in [1.807, 2.05) is 20.8 Å². The predicted molar refractivity (Wildman–Crippen MR) is 291 cm³/mol. The summed E-state index contributed by atoms with van der Waals surface area (Å²) in [5, 5.41) is 59.8. The van der Waals surface area contributed by atoms with Gasteiger partial charge >= 0.3 is 23.9 Å². The third-order valence-electron chi connectivity index (χ3n) is 25.2. The van der Waals surface area contributed by atoms with Crippen LogP contribution in [0.2, 0.25) is 0 Å². The Kier molecular flexibility index (Phi) is 17.3. The third kappa shape index (κ3) is 10.2. The summed E-state index contributed by atoms with van der Waals surface area (Å²) in [6.07, 6.45) is 14.3. The van der Waals surface area contributed by atoms with E-state index in [0.717, 1.165) is 70.6 Å². The minimum absolute atomic E-state index is 0.00435. The number of aliphatic hydroxyl groups excluding tert-OH is 2.